The van der Waals surface area contributed by atoms with E-state index in [-0.39, 0.29) is 0 Å². The predicted octanol–water partition coefficient (Wildman–Crippen LogP) is 3.46. The maximum Gasteiger partial charge on any atom is 0.157 e. The molecule has 2 heterocycles. The smallest absolute Gasteiger partial charge is 0.157 e. The van der Waals surface area contributed by atoms with E-state index in [9.17, 15) is 0 Å². The van der Waals surface area contributed by atoms with E-state index in [2.05, 4.69) is 30.0 Å². The summed E-state index contributed by atoms with van der Waals surface area (Å²) >= 11 is 6.24. The van der Waals surface area contributed by atoms with Gasteiger partial charge in [-0.2, -0.15) is 0 Å². The maximum absolute atomic E-state index is 6.24. The Hall–Kier alpha value is -1.09. The Bertz CT molecular complexity index is 555. The van der Waals surface area contributed by atoms with Gasteiger partial charge >= 0.3 is 0 Å². The molecule has 90 valence electrons. The molecule has 0 spiro atoms. The van der Waals surface area contributed by atoms with Gasteiger partial charge in [0, 0.05) is 5.92 Å². The number of fused-ring (bicyclic) bond motifs is 1. The summed E-state index contributed by atoms with van der Waals surface area (Å²) in [5.74, 6) is 2.05. The predicted molar refractivity (Wildman–Crippen MR) is 68.5 cm³/mol. The van der Waals surface area contributed by atoms with Crippen LogP contribution >= 0.6 is 11.6 Å². The zero-order chi connectivity index (χ0) is 12.0. The Balaban J connectivity index is 2.04. The van der Waals surface area contributed by atoms with Crippen LogP contribution in [0.5, 0.6) is 0 Å². The summed E-state index contributed by atoms with van der Waals surface area (Å²) in [6.45, 7) is 4.18. The maximum atomic E-state index is 6.24. The fraction of sp³-hybridized carbons (Fsp3) is 0.538. The van der Waals surface area contributed by atoms with E-state index in [4.69, 9.17) is 11.6 Å². The molecule has 1 saturated carbocycles. The standard InChI is InChI=1S/C13H16ClN3/c1-8(2)13-15-12-7-10(5-9-3-4-9)6-11(14)17(12)16-13/h6-9H,3-5H2,1-2H3. The van der Waals surface area contributed by atoms with Crippen molar-refractivity contribution >= 4 is 17.2 Å². The van der Waals surface area contributed by atoms with Gasteiger partial charge in [0.1, 0.15) is 5.15 Å². The van der Waals surface area contributed by atoms with Crippen molar-refractivity contribution in [2.75, 3.05) is 0 Å². The summed E-state index contributed by atoms with van der Waals surface area (Å²) in [6, 6.07) is 4.13. The topological polar surface area (TPSA) is 30.2 Å². The van der Waals surface area contributed by atoms with Crippen molar-refractivity contribution in [2.45, 2.75) is 39.0 Å². The van der Waals surface area contributed by atoms with Crippen LogP contribution in [0.3, 0.4) is 0 Å². The van der Waals surface area contributed by atoms with Crippen LogP contribution in [0, 0.1) is 5.92 Å². The number of rotatable bonds is 3. The first kappa shape index (κ1) is 11.0. The summed E-state index contributed by atoms with van der Waals surface area (Å²) in [5, 5.41) is 5.09. The molecule has 3 nitrogen and oxygen atoms in total. The normalized spacial score (nSPS) is 16.0. The molecule has 0 aromatic carbocycles. The highest BCUT2D eigenvalue weighted by molar-refractivity contribution is 6.29. The van der Waals surface area contributed by atoms with Crippen LogP contribution in [0.4, 0.5) is 0 Å². The SMILES string of the molecule is CC(C)c1nc2cc(CC3CC3)cc(Cl)n2n1. The van der Waals surface area contributed by atoms with Gasteiger partial charge in [-0.3, -0.25) is 0 Å². The van der Waals surface area contributed by atoms with Crippen molar-refractivity contribution in [1.82, 2.24) is 14.6 Å². The first-order valence-electron chi connectivity index (χ1n) is 6.18. The molecule has 0 unspecified atom stereocenters. The Morgan fingerprint density at radius 3 is 2.82 bits per heavy atom. The molecule has 2 aromatic rings. The molecule has 4 heteroatoms. The van der Waals surface area contributed by atoms with Gasteiger partial charge in [0.2, 0.25) is 0 Å². The highest BCUT2D eigenvalue weighted by Gasteiger charge is 2.22. The summed E-state index contributed by atoms with van der Waals surface area (Å²) in [6.07, 6.45) is 3.83. The number of nitrogens with zero attached hydrogens (tertiary/aromatic N) is 3. The average Bonchev–Trinajstić information content (AvgIpc) is 2.95. The van der Waals surface area contributed by atoms with E-state index in [1.807, 2.05) is 6.07 Å². The number of halogens is 1. The summed E-state index contributed by atoms with van der Waals surface area (Å²) in [4.78, 5) is 4.53. The van der Waals surface area contributed by atoms with Crippen molar-refractivity contribution in [3.63, 3.8) is 0 Å². The summed E-state index contributed by atoms with van der Waals surface area (Å²) < 4.78 is 1.73. The lowest BCUT2D eigenvalue weighted by Gasteiger charge is -2.01. The molecule has 0 aliphatic heterocycles. The molecule has 0 bridgehead atoms. The second-order valence-corrected chi connectivity index (χ2v) is 5.62. The minimum atomic E-state index is 0.331. The van der Waals surface area contributed by atoms with Crippen molar-refractivity contribution in [3.8, 4) is 0 Å². The molecular weight excluding hydrogens is 234 g/mol. The third kappa shape index (κ3) is 2.16. The minimum absolute atomic E-state index is 0.331. The van der Waals surface area contributed by atoms with Crippen molar-refractivity contribution in [2.24, 2.45) is 5.92 Å². The van der Waals surface area contributed by atoms with E-state index in [1.165, 1.54) is 18.4 Å². The van der Waals surface area contributed by atoms with E-state index in [0.29, 0.717) is 11.1 Å². The van der Waals surface area contributed by atoms with Crippen LogP contribution in [0.2, 0.25) is 5.15 Å². The molecule has 3 rings (SSSR count). The Kier molecular flexibility index (Phi) is 2.58. The fourth-order valence-corrected chi connectivity index (χ4v) is 2.30. The van der Waals surface area contributed by atoms with Gasteiger partial charge in [-0.1, -0.05) is 25.4 Å². The minimum Gasteiger partial charge on any atom is -0.212 e. The van der Waals surface area contributed by atoms with Gasteiger partial charge < -0.3 is 0 Å². The van der Waals surface area contributed by atoms with Crippen LogP contribution in [-0.4, -0.2) is 14.6 Å². The van der Waals surface area contributed by atoms with E-state index < -0.39 is 0 Å². The lowest BCUT2D eigenvalue weighted by atomic mass is 10.1. The van der Waals surface area contributed by atoms with Gasteiger partial charge in [-0.25, -0.2) is 9.50 Å². The van der Waals surface area contributed by atoms with Crippen molar-refractivity contribution < 1.29 is 0 Å². The number of hydrogen-bond donors (Lipinski definition) is 0. The monoisotopic (exact) mass is 249 g/mol. The third-order valence-corrected chi connectivity index (χ3v) is 3.48. The van der Waals surface area contributed by atoms with Crippen molar-refractivity contribution in [1.29, 1.82) is 0 Å². The van der Waals surface area contributed by atoms with E-state index in [0.717, 1.165) is 23.8 Å². The highest BCUT2D eigenvalue weighted by atomic mass is 35.5. The molecule has 0 saturated heterocycles. The number of pyridine rings is 1. The molecule has 0 radical (unpaired) electrons. The molecular formula is C13H16ClN3. The molecule has 1 fully saturated rings. The molecule has 1 aliphatic rings. The van der Waals surface area contributed by atoms with Crippen LogP contribution in [-0.2, 0) is 6.42 Å². The second-order valence-electron chi connectivity index (χ2n) is 5.23. The molecule has 0 N–H and O–H groups in total. The van der Waals surface area contributed by atoms with Gasteiger partial charge in [0.15, 0.2) is 11.5 Å². The van der Waals surface area contributed by atoms with Crippen LogP contribution in [0.15, 0.2) is 12.1 Å². The average molecular weight is 250 g/mol. The highest BCUT2D eigenvalue weighted by Crippen LogP contribution is 2.33. The van der Waals surface area contributed by atoms with E-state index >= 15 is 0 Å². The fourth-order valence-electron chi connectivity index (χ4n) is 2.03. The van der Waals surface area contributed by atoms with Gasteiger partial charge in [0.25, 0.3) is 0 Å². The Labute approximate surface area is 106 Å². The lowest BCUT2D eigenvalue weighted by Crippen LogP contribution is -1.95. The van der Waals surface area contributed by atoms with Gasteiger partial charge in [-0.15, -0.1) is 5.10 Å². The number of hydrogen-bond acceptors (Lipinski definition) is 2. The Morgan fingerprint density at radius 2 is 2.18 bits per heavy atom. The molecule has 0 atom stereocenters. The zero-order valence-electron chi connectivity index (χ0n) is 10.2. The van der Waals surface area contributed by atoms with Crippen LogP contribution in [0.1, 0.15) is 44.0 Å². The lowest BCUT2D eigenvalue weighted by molar-refractivity contribution is 0.764. The van der Waals surface area contributed by atoms with Crippen LogP contribution in [0.25, 0.3) is 5.65 Å². The summed E-state index contributed by atoms with van der Waals surface area (Å²) in [5.41, 5.74) is 2.16. The Morgan fingerprint density at radius 1 is 1.41 bits per heavy atom. The summed E-state index contributed by atoms with van der Waals surface area (Å²) in [7, 11) is 0. The molecule has 17 heavy (non-hydrogen) atoms. The first-order chi connectivity index (χ1) is 8.13. The zero-order valence-corrected chi connectivity index (χ0v) is 10.9. The first-order valence-corrected chi connectivity index (χ1v) is 6.56. The molecule has 2 aromatic heterocycles. The largest absolute Gasteiger partial charge is 0.212 e. The molecule has 0 amide bonds. The van der Waals surface area contributed by atoms with E-state index in [1.54, 1.807) is 4.52 Å². The van der Waals surface area contributed by atoms with Gasteiger partial charge in [0.05, 0.1) is 0 Å². The van der Waals surface area contributed by atoms with Crippen LogP contribution < -0.4 is 0 Å². The quantitative estimate of drug-likeness (QED) is 0.780. The second kappa shape index (κ2) is 3.98. The third-order valence-electron chi connectivity index (χ3n) is 3.21. The van der Waals surface area contributed by atoms with Crippen molar-refractivity contribution in [3.05, 3.63) is 28.7 Å². The molecule has 1 aliphatic carbocycles. The van der Waals surface area contributed by atoms with Gasteiger partial charge in [-0.05, 0) is 42.9 Å². The number of aromatic nitrogens is 3.